The van der Waals surface area contributed by atoms with E-state index >= 15 is 0 Å². The lowest BCUT2D eigenvalue weighted by Gasteiger charge is -2.09. The highest BCUT2D eigenvalue weighted by molar-refractivity contribution is 6.04. The molecule has 3 N–H and O–H groups in total. The molecule has 33 heavy (non-hydrogen) atoms. The maximum Gasteiger partial charge on any atom is 0.255 e. The van der Waals surface area contributed by atoms with Crippen molar-refractivity contribution >= 4 is 17.5 Å². The van der Waals surface area contributed by atoms with Crippen molar-refractivity contribution in [2.45, 2.75) is 18.9 Å². The molecule has 9 nitrogen and oxygen atoms in total. The number of carbonyl (C=O) groups excluding carboxylic acids is 2. The van der Waals surface area contributed by atoms with Crippen molar-refractivity contribution in [1.82, 2.24) is 20.2 Å². The van der Waals surface area contributed by atoms with Gasteiger partial charge in [0.05, 0.1) is 6.04 Å². The Balaban J connectivity index is 1.25. The highest BCUT2D eigenvalue weighted by Gasteiger charge is 2.28. The highest BCUT2D eigenvalue weighted by Crippen LogP contribution is 2.36. The molecule has 1 aliphatic rings. The first kappa shape index (κ1) is 20.4. The Bertz CT molecular complexity index is 1310. The van der Waals surface area contributed by atoms with Crippen molar-refractivity contribution in [3.8, 4) is 22.9 Å². The van der Waals surface area contributed by atoms with Gasteiger partial charge in [0.25, 0.3) is 5.91 Å². The van der Waals surface area contributed by atoms with Crippen LogP contribution in [0.5, 0.6) is 11.5 Å². The van der Waals surface area contributed by atoms with Gasteiger partial charge in [0.1, 0.15) is 11.5 Å². The molecule has 1 aliphatic carbocycles. The van der Waals surface area contributed by atoms with Gasteiger partial charge in [-0.05, 0) is 83.9 Å². The standard InChI is InChI=1S/C24H20N6O3/c25-22(31)15-4-10-20(11-5-15)33-21-12-6-16(7-13-21)24(32)26-18-3-1-2-17(14-18)23-27-28-29-30(23)19-8-9-19/h1-7,10-14,19H,8-9H2,(H2,25,31)(H,26,32). The van der Waals surface area contributed by atoms with Gasteiger partial charge in [-0.3, -0.25) is 9.59 Å². The second kappa shape index (κ2) is 8.54. The van der Waals surface area contributed by atoms with Crippen LogP contribution < -0.4 is 15.8 Å². The van der Waals surface area contributed by atoms with Crippen LogP contribution in [0.1, 0.15) is 39.6 Å². The summed E-state index contributed by atoms with van der Waals surface area (Å²) in [5, 5.41) is 14.9. The second-order valence-electron chi connectivity index (χ2n) is 7.73. The fraction of sp³-hybridized carbons (Fsp3) is 0.125. The largest absolute Gasteiger partial charge is 0.457 e. The Morgan fingerprint density at radius 3 is 2.24 bits per heavy atom. The monoisotopic (exact) mass is 440 g/mol. The lowest BCUT2D eigenvalue weighted by molar-refractivity contribution is 0.0997. The minimum atomic E-state index is -0.496. The molecule has 0 aliphatic heterocycles. The number of rotatable bonds is 7. The summed E-state index contributed by atoms with van der Waals surface area (Å²) in [7, 11) is 0. The third kappa shape index (κ3) is 4.57. The number of hydrogen-bond donors (Lipinski definition) is 2. The number of hydrogen-bond acceptors (Lipinski definition) is 6. The number of tetrazole rings is 1. The van der Waals surface area contributed by atoms with Crippen molar-refractivity contribution in [3.63, 3.8) is 0 Å². The third-order valence-electron chi connectivity index (χ3n) is 5.26. The quantitative estimate of drug-likeness (QED) is 0.450. The Labute approximate surface area is 189 Å². The number of carbonyl (C=O) groups is 2. The van der Waals surface area contributed by atoms with Gasteiger partial charge in [0, 0.05) is 22.4 Å². The van der Waals surface area contributed by atoms with E-state index < -0.39 is 5.91 Å². The van der Waals surface area contributed by atoms with E-state index in [4.69, 9.17) is 10.5 Å². The predicted molar refractivity (Wildman–Crippen MR) is 121 cm³/mol. The number of benzene rings is 3. The van der Waals surface area contributed by atoms with Gasteiger partial charge in [-0.1, -0.05) is 12.1 Å². The summed E-state index contributed by atoms with van der Waals surface area (Å²) in [5.41, 5.74) is 7.63. The van der Waals surface area contributed by atoms with Crippen LogP contribution in [-0.2, 0) is 0 Å². The van der Waals surface area contributed by atoms with Gasteiger partial charge < -0.3 is 15.8 Å². The van der Waals surface area contributed by atoms with E-state index in [0.29, 0.717) is 40.2 Å². The Kier molecular flexibility index (Phi) is 5.27. The highest BCUT2D eigenvalue weighted by atomic mass is 16.5. The van der Waals surface area contributed by atoms with E-state index in [0.717, 1.165) is 18.4 Å². The number of amides is 2. The molecule has 3 aromatic carbocycles. The number of anilines is 1. The molecule has 0 spiro atoms. The Hall–Kier alpha value is -4.53. The zero-order chi connectivity index (χ0) is 22.8. The van der Waals surface area contributed by atoms with Crippen LogP contribution in [0.2, 0.25) is 0 Å². The fourth-order valence-electron chi connectivity index (χ4n) is 3.39. The average molecular weight is 440 g/mol. The third-order valence-corrected chi connectivity index (χ3v) is 5.26. The van der Waals surface area contributed by atoms with E-state index in [1.807, 2.05) is 28.9 Å². The number of ether oxygens (including phenoxy) is 1. The van der Waals surface area contributed by atoms with Gasteiger partial charge in [0.2, 0.25) is 5.91 Å². The maximum atomic E-state index is 12.7. The van der Waals surface area contributed by atoms with Crippen LogP contribution in [0.15, 0.2) is 72.8 Å². The zero-order valence-corrected chi connectivity index (χ0v) is 17.5. The van der Waals surface area contributed by atoms with Crippen molar-refractivity contribution in [3.05, 3.63) is 83.9 Å². The lowest BCUT2D eigenvalue weighted by Crippen LogP contribution is -2.11. The van der Waals surface area contributed by atoms with E-state index in [1.165, 1.54) is 0 Å². The Morgan fingerprint density at radius 1 is 0.939 bits per heavy atom. The van der Waals surface area contributed by atoms with Crippen LogP contribution in [-0.4, -0.2) is 32.0 Å². The molecule has 5 rings (SSSR count). The molecule has 0 radical (unpaired) electrons. The summed E-state index contributed by atoms with van der Waals surface area (Å²) in [6.45, 7) is 0. The summed E-state index contributed by atoms with van der Waals surface area (Å²) in [6.07, 6.45) is 2.15. The molecule has 0 bridgehead atoms. The molecule has 4 aromatic rings. The van der Waals surface area contributed by atoms with Crippen LogP contribution in [0.3, 0.4) is 0 Å². The van der Waals surface area contributed by atoms with E-state index in [-0.39, 0.29) is 5.91 Å². The number of primary amides is 1. The Morgan fingerprint density at radius 2 is 1.61 bits per heavy atom. The molecule has 0 saturated heterocycles. The molecule has 0 unspecified atom stereocenters. The molecule has 0 atom stereocenters. The first-order valence-electron chi connectivity index (χ1n) is 10.4. The van der Waals surface area contributed by atoms with Gasteiger partial charge in [0.15, 0.2) is 5.82 Å². The normalized spacial score (nSPS) is 12.8. The number of aromatic nitrogens is 4. The molecule has 1 aromatic heterocycles. The smallest absolute Gasteiger partial charge is 0.255 e. The molecule has 1 heterocycles. The molecule has 164 valence electrons. The summed E-state index contributed by atoms with van der Waals surface area (Å²) in [4.78, 5) is 23.9. The van der Waals surface area contributed by atoms with Gasteiger partial charge >= 0.3 is 0 Å². The topological polar surface area (TPSA) is 125 Å². The van der Waals surface area contributed by atoms with E-state index in [2.05, 4.69) is 20.8 Å². The van der Waals surface area contributed by atoms with E-state index in [9.17, 15) is 9.59 Å². The van der Waals surface area contributed by atoms with Crippen LogP contribution in [0.4, 0.5) is 5.69 Å². The summed E-state index contributed by atoms with van der Waals surface area (Å²) in [6, 6.07) is 21.1. The summed E-state index contributed by atoms with van der Waals surface area (Å²) < 4.78 is 7.59. The van der Waals surface area contributed by atoms with Crippen LogP contribution >= 0.6 is 0 Å². The predicted octanol–water partition coefficient (Wildman–Crippen LogP) is 3.82. The van der Waals surface area contributed by atoms with Gasteiger partial charge in [-0.15, -0.1) is 5.10 Å². The average Bonchev–Trinajstić information content (AvgIpc) is 3.56. The van der Waals surface area contributed by atoms with Crippen molar-refractivity contribution in [2.24, 2.45) is 5.73 Å². The lowest BCUT2D eigenvalue weighted by atomic mass is 10.1. The van der Waals surface area contributed by atoms with Crippen molar-refractivity contribution in [1.29, 1.82) is 0 Å². The second-order valence-corrected chi connectivity index (χ2v) is 7.73. The molecule has 9 heteroatoms. The summed E-state index contributed by atoms with van der Waals surface area (Å²) in [5.74, 6) is 1.07. The molecular formula is C24H20N6O3. The number of nitrogens with two attached hydrogens (primary N) is 1. The minimum absolute atomic E-state index is 0.244. The first-order valence-corrected chi connectivity index (χ1v) is 10.4. The van der Waals surface area contributed by atoms with E-state index in [1.54, 1.807) is 48.5 Å². The first-order chi connectivity index (χ1) is 16.1. The number of nitrogens with one attached hydrogen (secondary N) is 1. The SMILES string of the molecule is NC(=O)c1ccc(Oc2ccc(C(=O)Nc3cccc(-c4nnnn4C4CC4)c3)cc2)cc1. The van der Waals surface area contributed by atoms with Crippen molar-refractivity contribution < 1.29 is 14.3 Å². The minimum Gasteiger partial charge on any atom is -0.457 e. The van der Waals surface area contributed by atoms with Crippen LogP contribution in [0, 0.1) is 0 Å². The zero-order valence-electron chi connectivity index (χ0n) is 17.5. The van der Waals surface area contributed by atoms with Gasteiger partial charge in [-0.25, -0.2) is 4.68 Å². The molecule has 2 amide bonds. The fourth-order valence-corrected chi connectivity index (χ4v) is 3.39. The summed E-state index contributed by atoms with van der Waals surface area (Å²) >= 11 is 0. The molecular weight excluding hydrogens is 420 g/mol. The van der Waals surface area contributed by atoms with Gasteiger partial charge in [-0.2, -0.15) is 0 Å². The van der Waals surface area contributed by atoms with Crippen LogP contribution in [0.25, 0.3) is 11.4 Å². The maximum absolute atomic E-state index is 12.7. The van der Waals surface area contributed by atoms with Crippen molar-refractivity contribution in [2.75, 3.05) is 5.32 Å². The molecule has 1 fully saturated rings. The molecule has 1 saturated carbocycles. The number of nitrogens with zero attached hydrogens (tertiary/aromatic N) is 4.